The number of likely N-dealkylation sites (N-methyl/N-ethyl adjacent to an activating group) is 1. The maximum absolute atomic E-state index is 8.26. The van der Waals surface area contributed by atoms with Crippen molar-refractivity contribution in [3.8, 4) is 12.3 Å². The monoisotopic (exact) mass is 191 g/mol. The Morgan fingerprint density at radius 3 is 3.00 bits per heavy atom. The largest absolute Gasteiger partial charge is 0.292 e. The standard InChI is InChI=1S/C13H17N/c1-4-10-14(3)12(2)11-13-8-6-5-7-9-13/h1,5-9,12H,10-11H2,2-3H3/t12-/m0/s1/i1D,10D2,12D. The molecule has 1 aromatic carbocycles. The van der Waals surface area contributed by atoms with Crippen LogP contribution in [-0.4, -0.2) is 24.5 Å². The summed E-state index contributed by atoms with van der Waals surface area (Å²) in [5.74, 6) is 2.17. The van der Waals surface area contributed by atoms with Crippen LogP contribution in [0.4, 0.5) is 0 Å². The zero-order chi connectivity index (χ0) is 13.8. The summed E-state index contributed by atoms with van der Waals surface area (Å²) >= 11 is 0. The predicted molar refractivity (Wildman–Crippen MR) is 61.1 cm³/mol. The highest BCUT2D eigenvalue weighted by atomic mass is 15.1. The molecule has 0 heterocycles. The summed E-state index contributed by atoms with van der Waals surface area (Å²) in [6.07, 6.45) is 2.22. The summed E-state index contributed by atoms with van der Waals surface area (Å²) in [5.41, 5.74) is 0.969. The predicted octanol–water partition coefficient (Wildman–Crippen LogP) is 2.18. The fourth-order valence-electron chi connectivity index (χ4n) is 1.19. The van der Waals surface area contributed by atoms with Crippen molar-refractivity contribution < 1.29 is 5.48 Å². The van der Waals surface area contributed by atoms with E-state index in [0.29, 0.717) is 6.42 Å². The van der Waals surface area contributed by atoms with Gasteiger partial charge in [0.05, 0.1) is 9.24 Å². The van der Waals surface area contributed by atoms with Crippen molar-refractivity contribution in [1.29, 1.82) is 0 Å². The molecule has 0 bridgehead atoms. The summed E-state index contributed by atoms with van der Waals surface area (Å²) in [4.78, 5) is 1.24. The van der Waals surface area contributed by atoms with Crippen LogP contribution in [-0.2, 0) is 6.42 Å². The third-order valence-electron chi connectivity index (χ3n) is 2.10. The van der Waals surface area contributed by atoms with Crippen molar-refractivity contribution >= 4 is 0 Å². The van der Waals surface area contributed by atoms with Gasteiger partial charge < -0.3 is 0 Å². The number of nitrogens with zero attached hydrogens (tertiary/aromatic N) is 1. The van der Waals surface area contributed by atoms with E-state index in [1.807, 2.05) is 36.7 Å². The van der Waals surface area contributed by atoms with Crippen LogP contribution < -0.4 is 0 Å². The van der Waals surface area contributed by atoms with E-state index in [1.165, 1.54) is 11.9 Å². The molecule has 1 rings (SSSR count). The highest BCUT2D eigenvalue weighted by Gasteiger charge is 2.07. The molecule has 0 N–H and O–H groups in total. The van der Waals surface area contributed by atoms with Gasteiger partial charge in [-0.3, -0.25) is 4.90 Å². The lowest BCUT2D eigenvalue weighted by Crippen LogP contribution is -2.31. The number of terminal acetylenes is 1. The summed E-state index contributed by atoms with van der Waals surface area (Å²) in [6.45, 7) is -0.337. The Labute approximate surface area is 92.4 Å². The van der Waals surface area contributed by atoms with Crippen molar-refractivity contribution in [2.45, 2.75) is 19.4 Å². The molecule has 1 atom stereocenters. The molecule has 0 saturated carbocycles. The summed E-state index contributed by atoms with van der Waals surface area (Å²) < 4.78 is 30.5. The van der Waals surface area contributed by atoms with E-state index in [2.05, 4.69) is 5.92 Å². The molecule has 0 amide bonds. The number of rotatable bonds is 4. The third kappa shape index (κ3) is 3.24. The van der Waals surface area contributed by atoms with E-state index >= 15 is 0 Å². The average Bonchev–Trinajstić information content (AvgIpc) is 2.28. The Hall–Kier alpha value is -1.26. The van der Waals surface area contributed by atoms with Crippen LogP contribution in [0, 0.1) is 12.3 Å². The first kappa shape index (κ1) is 6.27. The molecule has 1 nitrogen and oxygen atoms in total. The Kier molecular flexibility index (Phi) is 2.45. The van der Waals surface area contributed by atoms with Crippen molar-refractivity contribution in [3.05, 3.63) is 35.9 Å². The van der Waals surface area contributed by atoms with Crippen molar-refractivity contribution in [2.75, 3.05) is 13.5 Å². The molecule has 74 valence electrons. The maximum Gasteiger partial charge on any atom is 0.124 e. The van der Waals surface area contributed by atoms with Crippen LogP contribution in [0.3, 0.4) is 0 Å². The second-order valence-corrected chi connectivity index (χ2v) is 3.19. The van der Waals surface area contributed by atoms with Crippen LogP contribution in [0.1, 0.15) is 18.0 Å². The second-order valence-electron chi connectivity index (χ2n) is 3.19. The van der Waals surface area contributed by atoms with E-state index in [-0.39, 0.29) is 0 Å². The lowest BCUT2D eigenvalue weighted by molar-refractivity contribution is 0.287. The summed E-state index contributed by atoms with van der Waals surface area (Å²) in [7, 11) is 1.51. The van der Waals surface area contributed by atoms with Gasteiger partial charge in [-0.1, -0.05) is 36.3 Å². The van der Waals surface area contributed by atoms with Crippen LogP contribution >= 0.6 is 0 Å². The molecule has 0 aliphatic heterocycles. The number of hydrogen-bond acceptors (Lipinski definition) is 1. The van der Waals surface area contributed by atoms with Crippen molar-refractivity contribution in [2.24, 2.45) is 0 Å². The molecule has 0 spiro atoms. The quantitative estimate of drug-likeness (QED) is 0.659. The average molecular weight is 191 g/mol. The molecule has 1 heteroatoms. The first-order valence-corrected chi connectivity index (χ1v) is 4.51. The van der Waals surface area contributed by atoms with E-state index in [9.17, 15) is 0 Å². The number of benzene rings is 1. The zero-order valence-electron chi connectivity index (χ0n) is 12.5. The first-order valence-electron chi connectivity index (χ1n) is 6.51. The molecule has 1 aromatic rings. The van der Waals surface area contributed by atoms with Gasteiger partial charge in [-0.25, -0.2) is 0 Å². The molecule has 0 aliphatic rings. The maximum atomic E-state index is 8.26. The lowest BCUT2D eigenvalue weighted by atomic mass is 10.1. The van der Waals surface area contributed by atoms with E-state index in [1.54, 1.807) is 6.92 Å². The second kappa shape index (κ2) is 5.47. The van der Waals surface area contributed by atoms with Gasteiger partial charge in [-0.05, 0) is 26.0 Å². The fraction of sp³-hybridized carbons (Fsp3) is 0.385. The van der Waals surface area contributed by atoms with Crippen LogP contribution in [0.2, 0.25) is 0 Å². The third-order valence-corrected chi connectivity index (χ3v) is 2.10. The van der Waals surface area contributed by atoms with E-state index in [4.69, 9.17) is 5.48 Å². The molecule has 14 heavy (non-hydrogen) atoms. The molecule has 0 radical (unpaired) electrons. The van der Waals surface area contributed by atoms with Crippen molar-refractivity contribution in [3.63, 3.8) is 0 Å². The molecule has 0 saturated heterocycles. The summed E-state index contributed by atoms with van der Waals surface area (Å²) in [6, 6.07) is 8.38. The van der Waals surface area contributed by atoms with Crippen LogP contribution in [0.5, 0.6) is 0 Å². The molecule has 0 unspecified atom stereocenters. The topological polar surface area (TPSA) is 3.24 Å². The Morgan fingerprint density at radius 2 is 2.36 bits per heavy atom. The normalized spacial score (nSPS) is 19.4. The van der Waals surface area contributed by atoms with E-state index in [0.717, 1.165) is 5.56 Å². The van der Waals surface area contributed by atoms with Gasteiger partial charge in [0.25, 0.3) is 0 Å². The van der Waals surface area contributed by atoms with Gasteiger partial charge >= 0.3 is 0 Å². The van der Waals surface area contributed by atoms with Gasteiger partial charge in [-0.15, -0.1) is 6.40 Å². The van der Waals surface area contributed by atoms with Gasteiger partial charge in [0, 0.05) is 7.39 Å². The Morgan fingerprint density at radius 1 is 1.64 bits per heavy atom. The lowest BCUT2D eigenvalue weighted by Gasteiger charge is -2.22. The Bertz CT molecular complexity index is 445. The fourth-order valence-corrected chi connectivity index (χ4v) is 1.19. The summed E-state index contributed by atoms with van der Waals surface area (Å²) in [5, 5.41) is 0. The molecule has 0 aromatic heterocycles. The minimum absolute atomic E-state index is 0.392. The van der Waals surface area contributed by atoms with Gasteiger partial charge in [-0.2, -0.15) is 0 Å². The smallest absolute Gasteiger partial charge is 0.124 e. The number of hydrogen-bond donors (Lipinski definition) is 0. The van der Waals surface area contributed by atoms with Crippen LogP contribution in [0.25, 0.3) is 0 Å². The molecule has 0 aliphatic carbocycles. The van der Waals surface area contributed by atoms with Crippen molar-refractivity contribution in [1.82, 2.24) is 4.90 Å². The molecule has 0 fully saturated rings. The van der Waals surface area contributed by atoms with Gasteiger partial charge in [0.2, 0.25) is 0 Å². The minimum Gasteiger partial charge on any atom is -0.292 e. The molecular formula is C13H17N. The van der Waals surface area contributed by atoms with E-state index < -0.39 is 12.5 Å². The Balaban J connectivity index is 2.88. The minimum atomic E-state index is -1.98. The van der Waals surface area contributed by atoms with Gasteiger partial charge in [0.15, 0.2) is 0 Å². The SMILES string of the molecule is [2H]C#CC([2H])([2H])N(C)[C@@]([2H])(C)Cc1ccccc1. The van der Waals surface area contributed by atoms with Crippen LogP contribution in [0.15, 0.2) is 30.3 Å². The first-order chi connectivity index (χ1) is 8.29. The highest BCUT2D eigenvalue weighted by molar-refractivity contribution is 5.15. The highest BCUT2D eigenvalue weighted by Crippen LogP contribution is 2.06. The van der Waals surface area contributed by atoms with Gasteiger partial charge in [0.1, 0.15) is 1.37 Å². The molecular weight excluding hydrogens is 170 g/mol. The zero-order valence-corrected chi connectivity index (χ0v) is 8.54.